The summed E-state index contributed by atoms with van der Waals surface area (Å²) in [6.07, 6.45) is 3.42. The SMILES string of the molecule is COc1ccc(C2CN3CCCC3c3cc(OCCCN4CCOC(CO)C4)ccc32)cc1. The van der Waals surface area contributed by atoms with Crippen LogP contribution in [0.25, 0.3) is 0 Å². The number of methoxy groups -OCH3 is 1. The molecule has 6 heteroatoms. The minimum absolute atomic E-state index is 0.0479. The molecule has 0 saturated carbocycles. The van der Waals surface area contributed by atoms with E-state index >= 15 is 0 Å². The second-order valence-electron chi connectivity index (χ2n) is 9.45. The molecule has 3 aliphatic rings. The number of rotatable bonds is 8. The lowest BCUT2D eigenvalue weighted by Gasteiger charge is -2.37. The fourth-order valence-corrected chi connectivity index (χ4v) is 5.67. The largest absolute Gasteiger partial charge is 0.497 e. The van der Waals surface area contributed by atoms with Crippen LogP contribution in [0.15, 0.2) is 42.5 Å². The Morgan fingerprint density at radius 1 is 1.03 bits per heavy atom. The molecule has 0 spiro atoms. The summed E-state index contributed by atoms with van der Waals surface area (Å²) >= 11 is 0. The number of hydrogen-bond acceptors (Lipinski definition) is 6. The molecule has 0 amide bonds. The van der Waals surface area contributed by atoms with Gasteiger partial charge in [0.1, 0.15) is 11.5 Å². The maximum absolute atomic E-state index is 9.32. The molecule has 178 valence electrons. The molecule has 2 saturated heterocycles. The molecule has 0 bridgehead atoms. The molecule has 2 fully saturated rings. The molecule has 5 rings (SSSR count). The smallest absolute Gasteiger partial charge is 0.119 e. The summed E-state index contributed by atoms with van der Waals surface area (Å²) in [6.45, 7) is 6.47. The van der Waals surface area contributed by atoms with Gasteiger partial charge >= 0.3 is 0 Å². The molecule has 6 nitrogen and oxygen atoms in total. The van der Waals surface area contributed by atoms with Gasteiger partial charge in [-0.05, 0) is 66.8 Å². The second-order valence-corrected chi connectivity index (χ2v) is 9.45. The van der Waals surface area contributed by atoms with Crippen LogP contribution in [-0.2, 0) is 4.74 Å². The molecule has 0 radical (unpaired) electrons. The maximum Gasteiger partial charge on any atom is 0.119 e. The number of hydrogen-bond donors (Lipinski definition) is 1. The van der Waals surface area contributed by atoms with Gasteiger partial charge in [-0.2, -0.15) is 0 Å². The molecular weight excluding hydrogens is 416 g/mol. The van der Waals surface area contributed by atoms with Crippen molar-refractivity contribution in [1.29, 1.82) is 0 Å². The van der Waals surface area contributed by atoms with E-state index in [0.29, 0.717) is 25.2 Å². The molecule has 1 N–H and O–H groups in total. The van der Waals surface area contributed by atoms with Crippen molar-refractivity contribution in [3.05, 3.63) is 59.2 Å². The first-order valence-electron chi connectivity index (χ1n) is 12.3. The van der Waals surface area contributed by atoms with Crippen molar-refractivity contribution in [3.63, 3.8) is 0 Å². The lowest BCUT2D eigenvalue weighted by atomic mass is 9.81. The van der Waals surface area contributed by atoms with E-state index in [4.69, 9.17) is 14.2 Å². The lowest BCUT2D eigenvalue weighted by Crippen LogP contribution is -2.44. The summed E-state index contributed by atoms with van der Waals surface area (Å²) in [4.78, 5) is 5.01. The summed E-state index contributed by atoms with van der Waals surface area (Å²) in [5, 5.41) is 9.32. The number of benzene rings is 2. The molecule has 3 atom stereocenters. The van der Waals surface area contributed by atoms with E-state index in [0.717, 1.165) is 44.1 Å². The Bertz CT molecular complexity index is 919. The van der Waals surface area contributed by atoms with Gasteiger partial charge in [0.25, 0.3) is 0 Å². The quantitative estimate of drug-likeness (QED) is 0.620. The Balaban J connectivity index is 1.25. The standard InChI is InChI=1S/C27H36N2O4/c1-31-21-7-5-20(6-8-21)26-18-29-12-2-4-27(29)25-16-22(9-10-24(25)26)32-14-3-11-28-13-15-33-23(17-28)19-30/h5-10,16,23,26-27,30H,2-4,11-15,17-19H2,1H3. The van der Waals surface area contributed by atoms with Crippen molar-refractivity contribution >= 4 is 0 Å². The Morgan fingerprint density at radius 2 is 1.88 bits per heavy atom. The van der Waals surface area contributed by atoms with Crippen LogP contribution in [0.1, 0.15) is 47.9 Å². The zero-order chi connectivity index (χ0) is 22.6. The van der Waals surface area contributed by atoms with Crippen molar-refractivity contribution in [2.75, 3.05) is 59.7 Å². The Hall–Kier alpha value is -2.12. The van der Waals surface area contributed by atoms with Gasteiger partial charge in [0.15, 0.2) is 0 Å². The molecule has 2 aromatic rings. The molecule has 3 unspecified atom stereocenters. The van der Waals surface area contributed by atoms with E-state index in [1.54, 1.807) is 7.11 Å². The lowest BCUT2D eigenvalue weighted by molar-refractivity contribution is -0.0533. The number of aliphatic hydroxyl groups is 1. The van der Waals surface area contributed by atoms with Crippen LogP contribution in [0, 0.1) is 0 Å². The minimum Gasteiger partial charge on any atom is -0.497 e. The first-order chi connectivity index (χ1) is 16.2. The van der Waals surface area contributed by atoms with Gasteiger partial charge in [0, 0.05) is 38.1 Å². The van der Waals surface area contributed by atoms with Crippen LogP contribution >= 0.6 is 0 Å². The Morgan fingerprint density at radius 3 is 2.70 bits per heavy atom. The third-order valence-corrected chi connectivity index (χ3v) is 7.41. The highest BCUT2D eigenvalue weighted by molar-refractivity contribution is 5.47. The monoisotopic (exact) mass is 452 g/mol. The summed E-state index contributed by atoms with van der Waals surface area (Å²) in [5.74, 6) is 2.27. The van der Waals surface area contributed by atoms with Crippen molar-refractivity contribution in [1.82, 2.24) is 9.80 Å². The van der Waals surface area contributed by atoms with Crippen LogP contribution in [-0.4, -0.2) is 80.7 Å². The third-order valence-electron chi connectivity index (χ3n) is 7.41. The summed E-state index contributed by atoms with van der Waals surface area (Å²) < 4.78 is 17.1. The Kier molecular flexibility index (Phi) is 7.16. The number of nitrogens with zero attached hydrogens (tertiary/aromatic N) is 2. The van der Waals surface area contributed by atoms with Gasteiger partial charge in [0.2, 0.25) is 0 Å². The summed E-state index contributed by atoms with van der Waals surface area (Å²) in [6, 6.07) is 15.8. The highest BCUT2D eigenvalue weighted by Gasteiger charge is 2.36. The fraction of sp³-hybridized carbons (Fsp3) is 0.556. The molecule has 3 aliphatic heterocycles. The second kappa shape index (κ2) is 10.4. The van der Waals surface area contributed by atoms with Gasteiger partial charge in [0.05, 0.1) is 33.0 Å². The highest BCUT2D eigenvalue weighted by atomic mass is 16.5. The third kappa shape index (κ3) is 5.04. The molecule has 3 heterocycles. The van der Waals surface area contributed by atoms with Gasteiger partial charge < -0.3 is 19.3 Å². The van der Waals surface area contributed by atoms with Crippen LogP contribution in [0.5, 0.6) is 11.5 Å². The van der Waals surface area contributed by atoms with Gasteiger partial charge in [-0.1, -0.05) is 18.2 Å². The van der Waals surface area contributed by atoms with Gasteiger partial charge in [-0.25, -0.2) is 0 Å². The first-order valence-corrected chi connectivity index (χ1v) is 12.3. The minimum atomic E-state index is -0.0479. The van der Waals surface area contributed by atoms with Gasteiger partial charge in [-0.3, -0.25) is 9.80 Å². The van der Waals surface area contributed by atoms with Crippen LogP contribution in [0.2, 0.25) is 0 Å². The molecular formula is C27H36N2O4. The average Bonchev–Trinajstić information content (AvgIpc) is 3.35. The summed E-state index contributed by atoms with van der Waals surface area (Å²) in [5.41, 5.74) is 4.23. The number of morpholine rings is 1. The normalized spacial score (nSPS) is 25.5. The van der Waals surface area contributed by atoms with Gasteiger partial charge in [-0.15, -0.1) is 0 Å². The predicted octanol–water partition coefficient (Wildman–Crippen LogP) is 3.44. The van der Waals surface area contributed by atoms with Crippen molar-refractivity contribution in [3.8, 4) is 11.5 Å². The fourth-order valence-electron chi connectivity index (χ4n) is 5.67. The zero-order valence-electron chi connectivity index (χ0n) is 19.6. The van der Waals surface area contributed by atoms with E-state index in [1.807, 2.05) is 0 Å². The maximum atomic E-state index is 9.32. The highest BCUT2D eigenvalue weighted by Crippen LogP contribution is 2.45. The number of aliphatic hydroxyl groups excluding tert-OH is 1. The van der Waals surface area contributed by atoms with Crippen molar-refractivity contribution in [2.45, 2.75) is 37.3 Å². The molecule has 0 aliphatic carbocycles. The van der Waals surface area contributed by atoms with E-state index in [-0.39, 0.29) is 12.7 Å². The molecule has 33 heavy (non-hydrogen) atoms. The van der Waals surface area contributed by atoms with E-state index in [2.05, 4.69) is 52.3 Å². The van der Waals surface area contributed by atoms with Crippen LogP contribution in [0.4, 0.5) is 0 Å². The van der Waals surface area contributed by atoms with Crippen LogP contribution < -0.4 is 9.47 Å². The van der Waals surface area contributed by atoms with E-state index in [9.17, 15) is 5.11 Å². The first kappa shape index (κ1) is 22.7. The topological polar surface area (TPSA) is 54.4 Å². The number of ether oxygens (including phenoxy) is 3. The van der Waals surface area contributed by atoms with Crippen LogP contribution in [0.3, 0.4) is 0 Å². The van der Waals surface area contributed by atoms with E-state index in [1.165, 1.54) is 36.1 Å². The number of fused-ring (bicyclic) bond motifs is 3. The predicted molar refractivity (Wildman–Crippen MR) is 128 cm³/mol. The molecule has 0 aromatic heterocycles. The molecule has 2 aromatic carbocycles. The van der Waals surface area contributed by atoms with Crippen molar-refractivity contribution in [2.24, 2.45) is 0 Å². The summed E-state index contributed by atoms with van der Waals surface area (Å²) in [7, 11) is 1.72. The van der Waals surface area contributed by atoms with Crippen molar-refractivity contribution < 1.29 is 19.3 Å². The average molecular weight is 453 g/mol. The van der Waals surface area contributed by atoms with E-state index < -0.39 is 0 Å². The Labute approximate surface area is 197 Å². The zero-order valence-corrected chi connectivity index (χ0v) is 19.6.